The summed E-state index contributed by atoms with van der Waals surface area (Å²) in [6.07, 6.45) is 1.09. The van der Waals surface area contributed by atoms with Crippen LogP contribution in [0.15, 0.2) is 0 Å². The lowest BCUT2D eigenvalue weighted by molar-refractivity contribution is 0.114. The maximum absolute atomic E-state index is 5.25. The Balaban J connectivity index is 1.98. The molecule has 1 heterocycles. The third-order valence-electron chi connectivity index (χ3n) is 1.62. The fourth-order valence-electron chi connectivity index (χ4n) is 1.04. The predicted molar refractivity (Wildman–Crippen MR) is 46.5 cm³/mol. The number of thiocarbonyl (C=S) groups is 1. The van der Waals surface area contributed by atoms with Crippen LogP contribution in [0, 0.1) is 5.92 Å². The van der Waals surface area contributed by atoms with Gasteiger partial charge in [0.05, 0.1) is 24.8 Å². The molecule has 64 valence electrons. The molecular formula is C7H13NO2S. The van der Waals surface area contributed by atoms with Gasteiger partial charge in [0.1, 0.15) is 0 Å². The largest absolute Gasteiger partial charge is 0.391 e. The van der Waals surface area contributed by atoms with Gasteiger partial charge in [-0.25, -0.2) is 0 Å². The van der Waals surface area contributed by atoms with Crippen molar-refractivity contribution in [2.24, 2.45) is 11.7 Å². The summed E-state index contributed by atoms with van der Waals surface area (Å²) in [5.74, 6) is 0.546. The van der Waals surface area contributed by atoms with E-state index in [1.54, 1.807) is 0 Å². The zero-order valence-corrected chi connectivity index (χ0v) is 7.23. The monoisotopic (exact) mass is 175 g/mol. The van der Waals surface area contributed by atoms with Crippen molar-refractivity contribution in [3.05, 3.63) is 0 Å². The summed E-state index contributed by atoms with van der Waals surface area (Å²) < 4.78 is 10.4. The second-order valence-electron chi connectivity index (χ2n) is 2.71. The molecule has 0 radical (unpaired) electrons. The second kappa shape index (κ2) is 4.64. The van der Waals surface area contributed by atoms with Gasteiger partial charge in [0.25, 0.3) is 0 Å². The lowest BCUT2D eigenvalue weighted by atomic mass is 10.1. The van der Waals surface area contributed by atoms with E-state index in [0.717, 1.165) is 26.2 Å². The molecule has 0 amide bonds. The maximum atomic E-state index is 5.25. The van der Waals surface area contributed by atoms with Crippen molar-refractivity contribution >= 4 is 17.2 Å². The minimum absolute atomic E-state index is 0.395. The topological polar surface area (TPSA) is 44.5 Å². The van der Waals surface area contributed by atoms with Crippen LogP contribution in [-0.4, -0.2) is 31.4 Å². The molecule has 0 saturated carbocycles. The average Bonchev–Trinajstić information content (AvgIpc) is 2.39. The van der Waals surface area contributed by atoms with Gasteiger partial charge in [-0.05, 0) is 6.42 Å². The zero-order valence-electron chi connectivity index (χ0n) is 6.41. The van der Waals surface area contributed by atoms with Crippen molar-refractivity contribution in [1.82, 2.24) is 0 Å². The van der Waals surface area contributed by atoms with Gasteiger partial charge in [-0.2, -0.15) is 0 Å². The van der Waals surface area contributed by atoms with Gasteiger partial charge < -0.3 is 15.2 Å². The molecule has 4 heteroatoms. The predicted octanol–water partition coefficient (Wildman–Crippen LogP) is 0.326. The van der Waals surface area contributed by atoms with Gasteiger partial charge in [0.2, 0.25) is 0 Å². The minimum atomic E-state index is 0.395. The highest BCUT2D eigenvalue weighted by molar-refractivity contribution is 7.80. The summed E-state index contributed by atoms with van der Waals surface area (Å²) in [4.78, 5) is 0.420. The van der Waals surface area contributed by atoms with Crippen molar-refractivity contribution in [3.63, 3.8) is 0 Å². The van der Waals surface area contributed by atoms with E-state index in [1.807, 2.05) is 0 Å². The Hall–Kier alpha value is -0.190. The van der Waals surface area contributed by atoms with Crippen LogP contribution in [-0.2, 0) is 9.47 Å². The number of rotatable bonds is 4. The highest BCUT2D eigenvalue weighted by atomic mass is 32.1. The number of ether oxygens (including phenoxy) is 2. The molecule has 1 fully saturated rings. The first-order chi connectivity index (χ1) is 5.29. The number of nitrogens with two attached hydrogens (primary N) is 1. The standard InChI is InChI=1S/C7H13NO2S/c8-7(11)5-10-4-6-1-2-9-3-6/h6H,1-5H2,(H2,8,11). The summed E-state index contributed by atoms with van der Waals surface area (Å²) in [7, 11) is 0. The van der Waals surface area contributed by atoms with Gasteiger partial charge in [-0.15, -0.1) is 0 Å². The van der Waals surface area contributed by atoms with Crippen molar-refractivity contribution in [3.8, 4) is 0 Å². The first-order valence-electron chi connectivity index (χ1n) is 3.73. The molecule has 1 aliphatic heterocycles. The van der Waals surface area contributed by atoms with E-state index in [-0.39, 0.29) is 0 Å². The Bertz CT molecular complexity index is 134. The molecule has 3 nitrogen and oxygen atoms in total. The molecule has 0 bridgehead atoms. The van der Waals surface area contributed by atoms with Gasteiger partial charge in [-0.3, -0.25) is 0 Å². The molecule has 1 atom stereocenters. The Labute approximate surface area is 71.8 Å². The number of hydrogen-bond acceptors (Lipinski definition) is 3. The van der Waals surface area contributed by atoms with Crippen LogP contribution in [0.1, 0.15) is 6.42 Å². The number of hydrogen-bond donors (Lipinski definition) is 1. The quantitative estimate of drug-likeness (QED) is 0.625. The molecule has 0 aromatic carbocycles. The van der Waals surface area contributed by atoms with Crippen LogP contribution in [0.4, 0.5) is 0 Å². The van der Waals surface area contributed by atoms with Crippen LogP contribution in [0.3, 0.4) is 0 Å². The van der Waals surface area contributed by atoms with Crippen molar-refractivity contribution in [2.45, 2.75) is 6.42 Å². The molecule has 0 aliphatic carbocycles. The molecule has 1 rings (SSSR count). The van der Waals surface area contributed by atoms with Crippen LogP contribution >= 0.6 is 12.2 Å². The van der Waals surface area contributed by atoms with Crippen LogP contribution in [0.5, 0.6) is 0 Å². The smallest absolute Gasteiger partial charge is 0.0989 e. The average molecular weight is 175 g/mol. The molecule has 1 aliphatic rings. The van der Waals surface area contributed by atoms with Crippen LogP contribution in [0.25, 0.3) is 0 Å². The zero-order chi connectivity index (χ0) is 8.10. The van der Waals surface area contributed by atoms with E-state index in [9.17, 15) is 0 Å². The van der Waals surface area contributed by atoms with E-state index in [2.05, 4.69) is 12.2 Å². The summed E-state index contributed by atoms with van der Waals surface area (Å²) in [6.45, 7) is 2.79. The highest BCUT2D eigenvalue weighted by Gasteiger charge is 2.15. The van der Waals surface area contributed by atoms with E-state index < -0.39 is 0 Å². The molecule has 0 aromatic rings. The first kappa shape index (κ1) is 8.90. The van der Waals surface area contributed by atoms with Gasteiger partial charge in [-0.1, -0.05) is 12.2 Å². The van der Waals surface area contributed by atoms with Crippen molar-refractivity contribution < 1.29 is 9.47 Å². The van der Waals surface area contributed by atoms with Crippen LogP contribution in [0.2, 0.25) is 0 Å². The Kier molecular flexibility index (Phi) is 3.76. The van der Waals surface area contributed by atoms with Gasteiger partial charge in [0.15, 0.2) is 0 Å². The molecule has 0 aromatic heterocycles. The van der Waals surface area contributed by atoms with Crippen LogP contribution < -0.4 is 5.73 Å². The molecule has 1 unspecified atom stereocenters. The molecule has 2 N–H and O–H groups in total. The fraction of sp³-hybridized carbons (Fsp3) is 0.857. The highest BCUT2D eigenvalue weighted by Crippen LogP contribution is 2.11. The summed E-state index contributed by atoms with van der Waals surface area (Å²) in [5.41, 5.74) is 5.25. The third-order valence-corrected chi connectivity index (χ3v) is 1.74. The summed E-state index contributed by atoms with van der Waals surface area (Å²) >= 11 is 4.66. The van der Waals surface area contributed by atoms with Gasteiger partial charge in [0, 0.05) is 12.5 Å². The first-order valence-corrected chi connectivity index (χ1v) is 4.13. The third kappa shape index (κ3) is 3.65. The Morgan fingerprint density at radius 1 is 1.73 bits per heavy atom. The molecule has 0 spiro atoms. The lowest BCUT2D eigenvalue weighted by Gasteiger charge is -2.06. The van der Waals surface area contributed by atoms with E-state index in [0.29, 0.717) is 17.5 Å². The molecular weight excluding hydrogens is 162 g/mol. The van der Waals surface area contributed by atoms with E-state index in [4.69, 9.17) is 15.2 Å². The van der Waals surface area contributed by atoms with Crippen molar-refractivity contribution in [1.29, 1.82) is 0 Å². The maximum Gasteiger partial charge on any atom is 0.0989 e. The summed E-state index contributed by atoms with van der Waals surface area (Å²) in [6, 6.07) is 0. The van der Waals surface area contributed by atoms with E-state index in [1.165, 1.54) is 0 Å². The van der Waals surface area contributed by atoms with Crippen molar-refractivity contribution in [2.75, 3.05) is 26.4 Å². The molecule has 11 heavy (non-hydrogen) atoms. The fourth-order valence-corrected chi connectivity index (χ4v) is 1.12. The van der Waals surface area contributed by atoms with Gasteiger partial charge >= 0.3 is 0 Å². The second-order valence-corrected chi connectivity index (χ2v) is 3.24. The summed E-state index contributed by atoms with van der Waals surface area (Å²) in [5, 5.41) is 0. The minimum Gasteiger partial charge on any atom is -0.391 e. The molecule has 1 saturated heterocycles. The Morgan fingerprint density at radius 2 is 2.55 bits per heavy atom. The normalized spacial score (nSPS) is 23.8. The SMILES string of the molecule is NC(=S)COCC1CCOC1. The van der Waals surface area contributed by atoms with E-state index >= 15 is 0 Å². The Morgan fingerprint density at radius 3 is 3.09 bits per heavy atom. The lowest BCUT2D eigenvalue weighted by Crippen LogP contribution is -2.19.